The van der Waals surface area contributed by atoms with Crippen molar-refractivity contribution in [3.05, 3.63) is 94.3 Å². The Morgan fingerprint density at radius 3 is 2.66 bits per heavy atom. The molecule has 0 atom stereocenters. The largest absolute Gasteiger partial charge is 0.325 e. The number of amides is 1. The predicted octanol–water partition coefficient (Wildman–Crippen LogP) is 4.96. The van der Waals surface area contributed by atoms with Gasteiger partial charge >= 0.3 is 0 Å². The number of halogens is 2. The first kappa shape index (κ1) is 21.7. The first-order valence-corrected chi connectivity index (χ1v) is 10.9. The second-order valence-corrected chi connectivity index (χ2v) is 7.98. The average molecular weight is 451 g/mol. The molecule has 1 amide bonds. The highest BCUT2D eigenvalue weighted by molar-refractivity contribution is 7.99. The van der Waals surface area contributed by atoms with E-state index >= 15 is 0 Å². The molecule has 0 saturated carbocycles. The predicted molar refractivity (Wildman–Crippen MR) is 122 cm³/mol. The number of anilines is 1. The molecule has 0 aliphatic rings. The minimum Gasteiger partial charge on any atom is -0.325 e. The van der Waals surface area contributed by atoms with Crippen LogP contribution in [0.2, 0.25) is 0 Å². The van der Waals surface area contributed by atoms with Gasteiger partial charge in [0.15, 0.2) is 5.16 Å². The molecule has 4 rings (SSSR count). The normalized spacial score (nSPS) is 11.0. The first-order chi connectivity index (χ1) is 15.5. The highest BCUT2D eigenvalue weighted by Crippen LogP contribution is 2.23. The van der Waals surface area contributed by atoms with E-state index in [4.69, 9.17) is 0 Å². The van der Waals surface area contributed by atoms with Crippen LogP contribution in [0.15, 0.2) is 76.7 Å². The second-order valence-electron chi connectivity index (χ2n) is 7.04. The number of aryl methyl sites for hydroxylation is 1. The van der Waals surface area contributed by atoms with Crippen LogP contribution in [0, 0.1) is 11.6 Å². The summed E-state index contributed by atoms with van der Waals surface area (Å²) in [6.45, 7) is 2.02. The van der Waals surface area contributed by atoms with Gasteiger partial charge in [-0.1, -0.05) is 43.0 Å². The fraction of sp³-hybridized carbons (Fsp3) is 0.125. The van der Waals surface area contributed by atoms with Gasteiger partial charge in [-0.15, -0.1) is 0 Å². The van der Waals surface area contributed by atoms with E-state index in [2.05, 4.69) is 10.3 Å². The lowest BCUT2D eigenvalue weighted by Crippen LogP contribution is -2.23. The van der Waals surface area contributed by atoms with Crippen molar-refractivity contribution in [2.24, 2.45) is 0 Å². The molecule has 0 aliphatic heterocycles. The number of benzene rings is 3. The molecule has 8 heteroatoms. The summed E-state index contributed by atoms with van der Waals surface area (Å²) < 4.78 is 29.0. The third kappa shape index (κ3) is 4.55. The van der Waals surface area contributed by atoms with Gasteiger partial charge in [0.05, 0.1) is 22.3 Å². The highest BCUT2D eigenvalue weighted by atomic mass is 32.2. The molecule has 1 aromatic heterocycles. The van der Waals surface area contributed by atoms with Gasteiger partial charge in [0, 0.05) is 11.8 Å². The van der Waals surface area contributed by atoms with E-state index < -0.39 is 17.2 Å². The molecular weight excluding hydrogens is 432 g/mol. The Morgan fingerprint density at radius 2 is 1.88 bits per heavy atom. The Hall–Kier alpha value is -3.52. The van der Waals surface area contributed by atoms with Crippen LogP contribution in [0.1, 0.15) is 12.5 Å². The fourth-order valence-corrected chi connectivity index (χ4v) is 4.09. The van der Waals surface area contributed by atoms with Crippen molar-refractivity contribution in [3.63, 3.8) is 0 Å². The zero-order chi connectivity index (χ0) is 22.7. The van der Waals surface area contributed by atoms with E-state index in [9.17, 15) is 18.4 Å². The molecule has 0 spiro atoms. The van der Waals surface area contributed by atoms with Crippen LogP contribution < -0.4 is 10.9 Å². The Bertz CT molecular complexity index is 1370. The van der Waals surface area contributed by atoms with Crippen molar-refractivity contribution in [2.75, 3.05) is 11.1 Å². The van der Waals surface area contributed by atoms with Crippen LogP contribution >= 0.6 is 11.8 Å². The molecule has 162 valence electrons. The van der Waals surface area contributed by atoms with Gasteiger partial charge in [-0.2, -0.15) is 0 Å². The third-order valence-electron chi connectivity index (χ3n) is 4.85. The molecule has 3 aromatic carbocycles. The van der Waals surface area contributed by atoms with Gasteiger partial charge in [0.2, 0.25) is 5.91 Å². The number of fused-ring (bicyclic) bond motifs is 1. The summed E-state index contributed by atoms with van der Waals surface area (Å²) in [5.41, 5.74) is 1.55. The topological polar surface area (TPSA) is 64.0 Å². The SMILES string of the molecule is CCc1cccc(NC(=O)CSc2nc3ccccc3c(=O)n2-c2ccc(F)cc2F)c1. The molecule has 5 nitrogen and oxygen atoms in total. The maximum atomic E-state index is 14.5. The lowest BCUT2D eigenvalue weighted by atomic mass is 10.1. The van der Waals surface area contributed by atoms with Crippen LogP contribution in [0.4, 0.5) is 14.5 Å². The minimum atomic E-state index is -0.896. The summed E-state index contributed by atoms with van der Waals surface area (Å²) in [5, 5.41) is 3.25. The number of rotatable bonds is 6. The van der Waals surface area contributed by atoms with E-state index in [0.29, 0.717) is 22.7 Å². The zero-order valence-corrected chi connectivity index (χ0v) is 18.0. The van der Waals surface area contributed by atoms with Crippen molar-refractivity contribution in [3.8, 4) is 5.69 Å². The van der Waals surface area contributed by atoms with Crippen LogP contribution in [0.3, 0.4) is 0 Å². The molecule has 1 N–H and O–H groups in total. The number of carbonyl (C=O) groups is 1. The third-order valence-corrected chi connectivity index (χ3v) is 5.79. The number of aromatic nitrogens is 2. The fourth-order valence-electron chi connectivity index (χ4n) is 3.28. The van der Waals surface area contributed by atoms with Crippen LogP contribution in [-0.2, 0) is 11.2 Å². The molecule has 0 radical (unpaired) electrons. The van der Waals surface area contributed by atoms with Crippen molar-refractivity contribution in [2.45, 2.75) is 18.5 Å². The number of carbonyl (C=O) groups excluding carboxylic acids is 1. The standard InChI is InChI=1S/C24H19F2N3O2S/c1-2-15-6-5-7-17(12-15)27-22(30)14-32-24-28-20-9-4-3-8-18(20)23(31)29(24)21-11-10-16(25)13-19(21)26/h3-13H,2,14H2,1H3,(H,27,30). The number of nitrogens with one attached hydrogen (secondary N) is 1. The minimum absolute atomic E-state index is 0.0516. The van der Waals surface area contributed by atoms with Gasteiger partial charge < -0.3 is 5.32 Å². The van der Waals surface area contributed by atoms with Crippen molar-refractivity contribution in [1.29, 1.82) is 0 Å². The van der Waals surface area contributed by atoms with Crippen molar-refractivity contribution in [1.82, 2.24) is 9.55 Å². The first-order valence-electron chi connectivity index (χ1n) is 9.95. The molecule has 0 unspecified atom stereocenters. The quantitative estimate of drug-likeness (QED) is 0.333. The van der Waals surface area contributed by atoms with E-state index in [1.807, 2.05) is 25.1 Å². The Balaban J connectivity index is 1.68. The van der Waals surface area contributed by atoms with Crippen molar-refractivity contribution < 1.29 is 13.6 Å². The molecule has 4 aromatic rings. The summed E-state index contributed by atoms with van der Waals surface area (Å²) in [4.78, 5) is 30.1. The van der Waals surface area contributed by atoms with Crippen LogP contribution in [0.5, 0.6) is 0 Å². The number of hydrogen-bond acceptors (Lipinski definition) is 4. The number of para-hydroxylation sites is 1. The Kier molecular flexibility index (Phi) is 6.32. The zero-order valence-electron chi connectivity index (χ0n) is 17.1. The van der Waals surface area contributed by atoms with Gasteiger partial charge in [-0.25, -0.2) is 13.8 Å². The van der Waals surface area contributed by atoms with E-state index in [1.54, 1.807) is 30.3 Å². The molecular formula is C24H19F2N3O2S. The van der Waals surface area contributed by atoms with Crippen LogP contribution in [-0.4, -0.2) is 21.2 Å². The van der Waals surface area contributed by atoms with E-state index in [-0.39, 0.29) is 22.5 Å². The Morgan fingerprint density at radius 1 is 1.06 bits per heavy atom. The molecule has 0 fully saturated rings. The lowest BCUT2D eigenvalue weighted by molar-refractivity contribution is -0.113. The van der Waals surface area contributed by atoms with Gasteiger partial charge in [-0.3, -0.25) is 14.2 Å². The van der Waals surface area contributed by atoms with Gasteiger partial charge in [-0.05, 0) is 48.4 Å². The van der Waals surface area contributed by atoms with Gasteiger partial charge in [0.1, 0.15) is 11.6 Å². The van der Waals surface area contributed by atoms with Gasteiger partial charge in [0.25, 0.3) is 5.56 Å². The summed E-state index contributed by atoms with van der Waals surface area (Å²) in [5.74, 6) is -2.00. The molecule has 1 heterocycles. The Labute approximate surface area is 187 Å². The summed E-state index contributed by atoms with van der Waals surface area (Å²) in [6.07, 6.45) is 0.842. The number of hydrogen-bond donors (Lipinski definition) is 1. The highest BCUT2D eigenvalue weighted by Gasteiger charge is 2.17. The van der Waals surface area contributed by atoms with Crippen molar-refractivity contribution >= 4 is 34.3 Å². The van der Waals surface area contributed by atoms with Crippen LogP contribution in [0.25, 0.3) is 16.6 Å². The maximum Gasteiger partial charge on any atom is 0.266 e. The second kappa shape index (κ2) is 9.32. The smallest absolute Gasteiger partial charge is 0.266 e. The van der Waals surface area contributed by atoms with E-state index in [0.717, 1.165) is 34.4 Å². The summed E-state index contributed by atoms with van der Waals surface area (Å²) in [7, 11) is 0. The molecule has 32 heavy (non-hydrogen) atoms. The lowest BCUT2D eigenvalue weighted by Gasteiger charge is -2.14. The molecule has 0 saturated heterocycles. The number of nitrogens with zero attached hydrogens (tertiary/aromatic N) is 2. The van der Waals surface area contributed by atoms with E-state index in [1.165, 1.54) is 6.07 Å². The maximum absolute atomic E-state index is 14.5. The molecule has 0 aliphatic carbocycles. The average Bonchev–Trinajstić information content (AvgIpc) is 2.79. The monoisotopic (exact) mass is 451 g/mol. The summed E-state index contributed by atoms with van der Waals surface area (Å²) >= 11 is 1.00. The number of thioether (sulfide) groups is 1. The molecule has 0 bridgehead atoms. The summed E-state index contributed by atoms with van der Waals surface area (Å²) in [6, 6.07) is 17.2.